The summed E-state index contributed by atoms with van der Waals surface area (Å²) in [6.07, 6.45) is 9.52. The van der Waals surface area contributed by atoms with Crippen molar-refractivity contribution < 1.29 is 4.74 Å². The predicted molar refractivity (Wildman–Crippen MR) is 165 cm³/mol. The van der Waals surface area contributed by atoms with Gasteiger partial charge in [-0.05, 0) is 82.3 Å². The molecule has 0 aromatic heterocycles. The Kier molecular flexibility index (Phi) is 6.10. The standard InChI is InChI=1S/C36H30OS2/c1-23-26(12-5-4-10-25-11-6-8-14-31(25)38-23)20-24-16-17-28-27(21-24)22-36(2,3)29-18-19-33-35(34(28)29)37-30-13-7-9-15-32(30)39-33/h4-9,11-19,21H,1,10,20,22H2,2-3H3/b5-4-,26-12-. The number of ether oxygens (including phenoxy) is 1. The fourth-order valence-electron chi connectivity index (χ4n) is 5.96. The molecule has 4 aromatic rings. The van der Waals surface area contributed by atoms with Gasteiger partial charge >= 0.3 is 0 Å². The molecule has 192 valence electrons. The zero-order valence-electron chi connectivity index (χ0n) is 22.3. The van der Waals surface area contributed by atoms with Gasteiger partial charge in [-0.3, -0.25) is 0 Å². The van der Waals surface area contributed by atoms with E-state index in [1.165, 1.54) is 53.6 Å². The molecule has 0 amide bonds. The minimum absolute atomic E-state index is 0.0182. The zero-order chi connectivity index (χ0) is 26.6. The van der Waals surface area contributed by atoms with Crippen molar-refractivity contribution in [2.24, 2.45) is 0 Å². The molecule has 1 nitrogen and oxygen atoms in total. The smallest absolute Gasteiger partial charge is 0.149 e. The lowest BCUT2D eigenvalue weighted by Gasteiger charge is -2.36. The van der Waals surface area contributed by atoms with Gasteiger partial charge in [-0.15, -0.1) is 0 Å². The lowest BCUT2D eigenvalue weighted by molar-refractivity contribution is 0.448. The molecule has 3 heteroatoms. The van der Waals surface area contributed by atoms with Crippen molar-refractivity contribution in [2.75, 3.05) is 0 Å². The highest BCUT2D eigenvalue weighted by Crippen LogP contribution is 2.56. The van der Waals surface area contributed by atoms with Gasteiger partial charge in [0.15, 0.2) is 0 Å². The fourth-order valence-corrected chi connectivity index (χ4v) is 7.89. The molecular formula is C36H30OS2. The van der Waals surface area contributed by atoms with Crippen LogP contribution in [-0.2, 0) is 24.7 Å². The Morgan fingerprint density at radius 2 is 1.67 bits per heavy atom. The lowest BCUT2D eigenvalue weighted by atomic mass is 9.69. The van der Waals surface area contributed by atoms with E-state index in [-0.39, 0.29) is 5.41 Å². The molecule has 0 bridgehead atoms. The van der Waals surface area contributed by atoms with Gasteiger partial charge in [0, 0.05) is 15.4 Å². The molecule has 0 atom stereocenters. The van der Waals surface area contributed by atoms with Crippen LogP contribution < -0.4 is 4.74 Å². The molecule has 0 radical (unpaired) electrons. The number of rotatable bonds is 2. The van der Waals surface area contributed by atoms with Crippen molar-refractivity contribution in [3.63, 3.8) is 0 Å². The highest BCUT2D eigenvalue weighted by atomic mass is 32.2. The Labute approximate surface area is 239 Å². The Morgan fingerprint density at radius 1 is 0.846 bits per heavy atom. The first kappa shape index (κ1) is 24.6. The van der Waals surface area contributed by atoms with Crippen molar-refractivity contribution in [1.29, 1.82) is 0 Å². The highest BCUT2D eigenvalue weighted by molar-refractivity contribution is 8.03. The molecule has 0 fully saturated rings. The summed E-state index contributed by atoms with van der Waals surface area (Å²) in [7, 11) is 0. The molecule has 2 heterocycles. The largest absolute Gasteiger partial charge is 0.454 e. The number of thioether (sulfide) groups is 1. The first-order valence-corrected chi connectivity index (χ1v) is 15.1. The second-order valence-electron chi connectivity index (χ2n) is 11.2. The average Bonchev–Trinajstić information content (AvgIpc) is 3.00. The number of para-hydroxylation sites is 1. The SMILES string of the molecule is C=C1Sc2ccccc2C/C=C\C=C/1Cc1ccc2c(c1)CC(C)(C)c1ccc3c(c1-2)Oc1ccccc1S3. The number of fused-ring (bicyclic) bond motifs is 7. The molecule has 0 saturated carbocycles. The molecule has 3 aliphatic rings. The topological polar surface area (TPSA) is 9.23 Å². The predicted octanol–water partition coefficient (Wildman–Crippen LogP) is 10.3. The van der Waals surface area contributed by atoms with Crippen LogP contribution in [0.3, 0.4) is 0 Å². The van der Waals surface area contributed by atoms with Crippen LogP contribution in [0, 0.1) is 0 Å². The summed E-state index contributed by atoms with van der Waals surface area (Å²) in [6.45, 7) is 9.20. The summed E-state index contributed by atoms with van der Waals surface area (Å²) in [5.74, 6) is 1.95. The Hall–Kier alpha value is -3.40. The first-order chi connectivity index (χ1) is 19.0. The number of benzene rings is 4. The average molecular weight is 543 g/mol. The van der Waals surface area contributed by atoms with Gasteiger partial charge in [0.05, 0.1) is 9.79 Å². The van der Waals surface area contributed by atoms with E-state index in [1.807, 2.05) is 0 Å². The quantitative estimate of drug-likeness (QED) is 0.220. The minimum atomic E-state index is 0.0182. The third-order valence-corrected chi connectivity index (χ3v) is 10.2. The summed E-state index contributed by atoms with van der Waals surface area (Å²) in [4.78, 5) is 4.79. The number of hydrogen-bond donors (Lipinski definition) is 0. The zero-order valence-corrected chi connectivity index (χ0v) is 23.9. The molecule has 1 aliphatic carbocycles. The van der Waals surface area contributed by atoms with E-state index in [1.54, 1.807) is 23.5 Å². The van der Waals surface area contributed by atoms with Crippen molar-refractivity contribution in [3.8, 4) is 22.6 Å². The maximum Gasteiger partial charge on any atom is 0.149 e. The lowest BCUT2D eigenvalue weighted by Crippen LogP contribution is -2.26. The van der Waals surface area contributed by atoms with Crippen LogP contribution in [0.25, 0.3) is 11.1 Å². The maximum absolute atomic E-state index is 6.61. The monoisotopic (exact) mass is 542 g/mol. The van der Waals surface area contributed by atoms with Crippen molar-refractivity contribution >= 4 is 23.5 Å². The van der Waals surface area contributed by atoms with Gasteiger partial charge in [-0.1, -0.05) is 117 Å². The van der Waals surface area contributed by atoms with Gasteiger partial charge in [-0.25, -0.2) is 0 Å². The Morgan fingerprint density at radius 3 is 2.56 bits per heavy atom. The minimum Gasteiger partial charge on any atom is -0.454 e. The number of allylic oxidation sites excluding steroid dienone is 4. The molecule has 0 saturated heterocycles. The molecule has 2 aliphatic heterocycles. The van der Waals surface area contributed by atoms with Gasteiger partial charge in [0.2, 0.25) is 0 Å². The van der Waals surface area contributed by atoms with E-state index in [9.17, 15) is 0 Å². The summed E-state index contributed by atoms with van der Waals surface area (Å²) < 4.78 is 6.61. The van der Waals surface area contributed by atoms with Crippen molar-refractivity contribution in [1.82, 2.24) is 0 Å². The van der Waals surface area contributed by atoms with E-state index in [2.05, 4.69) is 118 Å². The van der Waals surface area contributed by atoms with Crippen LogP contribution in [-0.4, -0.2) is 0 Å². The van der Waals surface area contributed by atoms with Gasteiger partial charge in [-0.2, -0.15) is 0 Å². The van der Waals surface area contributed by atoms with Gasteiger partial charge < -0.3 is 4.74 Å². The summed E-state index contributed by atoms with van der Waals surface area (Å²) in [6, 6.07) is 28.6. The van der Waals surface area contributed by atoms with E-state index in [0.29, 0.717) is 0 Å². The normalized spacial score (nSPS) is 18.8. The fraction of sp³-hybridized carbons (Fsp3) is 0.167. The summed E-state index contributed by atoms with van der Waals surface area (Å²) >= 11 is 3.60. The Bertz CT molecular complexity index is 1710. The van der Waals surface area contributed by atoms with E-state index >= 15 is 0 Å². The molecule has 0 unspecified atom stereocenters. The van der Waals surface area contributed by atoms with E-state index in [4.69, 9.17) is 4.74 Å². The van der Waals surface area contributed by atoms with Crippen molar-refractivity contribution in [2.45, 2.75) is 53.2 Å². The highest BCUT2D eigenvalue weighted by Gasteiger charge is 2.35. The summed E-state index contributed by atoms with van der Waals surface area (Å²) in [5.41, 5.74) is 9.30. The van der Waals surface area contributed by atoms with E-state index in [0.717, 1.165) is 35.7 Å². The van der Waals surface area contributed by atoms with Crippen molar-refractivity contribution in [3.05, 3.63) is 136 Å². The molecule has 0 spiro atoms. The second-order valence-corrected chi connectivity index (χ2v) is 13.4. The maximum atomic E-state index is 6.61. The second kappa shape index (κ2) is 9.66. The molecule has 39 heavy (non-hydrogen) atoms. The molecule has 0 N–H and O–H groups in total. The van der Waals surface area contributed by atoms with Gasteiger partial charge in [0.25, 0.3) is 0 Å². The van der Waals surface area contributed by atoms with Crippen LogP contribution in [0.15, 0.2) is 129 Å². The van der Waals surface area contributed by atoms with Crippen LogP contribution in [0.4, 0.5) is 0 Å². The van der Waals surface area contributed by atoms with E-state index < -0.39 is 0 Å². The van der Waals surface area contributed by atoms with Crippen LogP contribution in [0.5, 0.6) is 11.5 Å². The molecular weight excluding hydrogens is 513 g/mol. The Balaban J connectivity index is 1.25. The third kappa shape index (κ3) is 4.48. The van der Waals surface area contributed by atoms with Gasteiger partial charge in [0.1, 0.15) is 11.5 Å². The third-order valence-electron chi connectivity index (χ3n) is 7.93. The number of hydrogen-bond acceptors (Lipinski definition) is 3. The first-order valence-electron chi connectivity index (χ1n) is 13.5. The summed E-state index contributed by atoms with van der Waals surface area (Å²) in [5, 5.41) is 0. The molecule has 7 rings (SSSR count). The van der Waals surface area contributed by atoms with Crippen LogP contribution in [0.2, 0.25) is 0 Å². The molecule has 4 aromatic carbocycles. The van der Waals surface area contributed by atoms with Crippen LogP contribution in [0.1, 0.15) is 36.1 Å². The van der Waals surface area contributed by atoms with Crippen LogP contribution >= 0.6 is 23.5 Å².